The second-order valence-electron chi connectivity index (χ2n) is 11.2. The Labute approximate surface area is 195 Å². The lowest BCUT2D eigenvalue weighted by molar-refractivity contribution is -0.159. The molecule has 0 aromatic heterocycles. The van der Waals surface area contributed by atoms with Crippen molar-refractivity contribution in [3.8, 4) is 0 Å². The summed E-state index contributed by atoms with van der Waals surface area (Å²) >= 11 is 0. The van der Waals surface area contributed by atoms with Gasteiger partial charge in [0.25, 0.3) is 5.91 Å². The Morgan fingerprint density at radius 3 is 2.03 bits per heavy atom. The van der Waals surface area contributed by atoms with Crippen molar-refractivity contribution >= 4 is 21.8 Å². The molecule has 5 aliphatic carbocycles. The van der Waals surface area contributed by atoms with Gasteiger partial charge in [-0.1, -0.05) is 6.07 Å². The summed E-state index contributed by atoms with van der Waals surface area (Å²) in [5.74, 6) is 2.37. The van der Waals surface area contributed by atoms with Crippen molar-refractivity contribution in [2.75, 3.05) is 26.2 Å². The van der Waals surface area contributed by atoms with Crippen LogP contribution in [0.2, 0.25) is 0 Å². The highest BCUT2D eigenvalue weighted by atomic mass is 32.2. The van der Waals surface area contributed by atoms with E-state index in [0.717, 1.165) is 49.9 Å². The summed E-state index contributed by atoms with van der Waals surface area (Å²) in [4.78, 5) is 30.6. The molecule has 0 unspecified atom stereocenters. The fraction of sp³-hybridized carbons (Fsp3) is 0.680. The summed E-state index contributed by atoms with van der Waals surface area (Å²) in [5.41, 5.74) is 0.243. The van der Waals surface area contributed by atoms with Crippen molar-refractivity contribution in [3.63, 3.8) is 0 Å². The van der Waals surface area contributed by atoms with E-state index in [9.17, 15) is 18.0 Å². The molecular weight excluding hydrogens is 438 g/mol. The number of sulfonamides is 1. The third-order valence-corrected chi connectivity index (χ3v) is 10.2. The van der Waals surface area contributed by atoms with Gasteiger partial charge < -0.3 is 9.80 Å². The number of nitrogens with zero attached hydrogens (tertiary/aromatic N) is 2. The van der Waals surface area contributed by atoms with E-state index in [0.29, 0.717) is 37.6 Å². The first-order chi connectivity index (χ1) is 15.8. The van der Waals surface area contributed by atoms with Gasteiger partial charge in [0.15, 0.2) is 0 Å². The third kappa shape index (κ3) is 3.99. The van der Waals surface area contributed by atoms with E-state index in [4.69, 9.17) is 0 Å². The average molecular weight is 472 g/mol. The van der Waals surface area contributed by atoms with Crippen LogP contribution in [0.5, 0.6) is 0 Å². The normalized spacial score (nSPS) is 33.4. The van der Waals surface area contributed by atoms with Crippen LogP contribution in [0.1, 0.15) is 61.7 Å². The SMILES string of the molecule is O=C(c1cccc(S(=O)(=O)NC2CC2)c1)N1CCN(C(=O)C23CC4CC(CC(C4)C2)C3)CC1. The Balaban J connectivity index is 1.10. The number of hydrogen-bond donors (Lipinski definition) is 1. The molecule has 2 amide bonds. The van der Waals surface area contributed by atoms with Crippen LogP contribution < -0.4 is 4.72 Å². The van der Waals surface area contributed by atoms with Crippen LogP contribution in [-0.4, -0.2) is 62.3 Å². The Kier molecular flexibility index (Phi) is 5.11. The Hall–Kier alpha value is -1.93. The van der Waals surface area contributed by atoms with Crippen LogP contribution in [0.4, 0.5) is 0 Å². The summed E-state index contributed by atoms with van der Waals surface area (Å²) in [5, 5.41) is 0. The molecule has 0 spiro atoms. The number of nitrogens with one attached hydrogen (secondary N) is 1. The summed E-state index contributed by atoms with van der Waals surface area (Å²) in [6.07, 6.45) is 8.88. The largest absolute Gasteiger partial charge is 0.339 e. The van der Waals surface area contributed by atoms with Gasteiger partial charge in [-0.3, -0.25) is 9.59 Å². The van der Waals surface area contributed by atoms with Crippen molar-refractivity contribution < 1.29 is 18.0 Å². The molecule has 1 aromatic carbocycles. The first-order valence-corrected chi connectivity index (χ1v) is 14.0. The highest BCUT2D eigenvalue weighted by molar-refractivity contribution is 7.89. The maximum Gasteiger partial charge on any atom is 0.254 e. The zero-order chi connectivity index (χ0) is 22.8. The molecule has 33 heavy (non-hydrogen) atoms. The fourth-order valence-corrected chi connectivity index (χ4v) is 8.64. The first kappa shape index (κ1) is 21.6. The summed E-state index contributed by atoms with van der Waals surface area (Å²) in [7, 11) is -3.60. The molecule has 0 radical (unpaired) electrons. The van der Waals surface area contributed by atoms with Gasteiger partial charge >= 0.3 is 0 Å². The van der Waals surface area contributed by atoms with Gasteiger partial charge in [-0.05, 0) is 87.3 Å². The average Bonchev–Trinajstić information content (AvgIpc) is 3.61. The molecule has 178 valence electrons. The molecular formula is C25H33N3O4S. The van der Waals surface area contributed by atoms with Crippen molar-refractivity contribution in [3.05, 3.63) is 29.8 Å². The minimum absolute atomic E-state index is 0.0222. The second kappa shape index (κ2) is 7.80. The van der Waals surface area contributed by atoms with E-state index in [1.807, 2.05) is 4.90 Å². The minimum Gasteiger partial charge on any atom is -0.339 e. The van der Waals surface area contributed by atoms with E-state index in [-0.39, 0.29) is 22.3 Å². The maximum absolute atomic E-state index is 13.6. The molecule has 7 nitrogen and oxygen atoms in total. The van der Waals surface area contributed by atoms with Gasteiger partial charge in [-0.25, -0.2) is 13.1 Å². The van der Waals surface area contributed by atoms with E-state index in [2.05, 4.69) is 4.72 Å². The molecule has 4 bridgehead atoms. The molecule has 0 atom stereocenters. The van der Waals surface area contributed by atoms with Crippen LogP contribution in [0.3, 0.4) is 0 Å². The summed E-state index contributed by atoms with van der Waals surface area (Å²) < 4.78 is 27.7. The van der Waals surface area contributed by atoms with Crippen LogP contribution in [0.15, 0.2) is 29.2 Å². The monoisotopic (exact) mass is 471 g/mol. The third-order valence-electron chi connectivity index (χ3n) is 8.64. The van der Waals surface area contributed by atoms with Gasteiger partial charge in [0.2, 0.25) is 15.9 Å². The highest BCUT2D eigenvalue weighted by Gasteiger charge is 2.55. The lowest BCUT2D eigenvalue weighted by Crippen LogP contribution is -2.58. The van der Waals surface area contributed by atoms with Crippen molar-refractivity contribution in [1.29, 1.82) is 0 Å². The van der Waals surface area contributed by atoms with Crippen molar-refractivity contribution in [1.82, 2.24) is 14.5 Å². The van der Waals surface area contributed by atoms with Crippen LogP contribution >= 0.6 is 0 Å². The van der Waals surface area contributed by atoms with E-state index in [1.54, 1.807) is 17.0 Å². The number of rotatable bonds is 5. The van der Waals surface area contributed by atoms with Gasteiger partial charge in [-0.2, -0.15) is 0 Å². The van der Waals surface area contributed by atoms with Crippen LogP contribution in [0, 0.1) is 23.2 Å². The molecule has 1 saturated heterocycles. The van der Waals surface area contributed by atoms with E-state index in [1.165, 1.54) is 31.4 Å². The molecule has 1 aliphatic heterocycles. The van der Waals surface area contributed by atoms with Crippen LogP contribution in [0.25, 0.3) is 0 Å². The zero-order valence-electron chi connectivity index (χ0n) is 19.0. The molecule has 6 fully saturated rings. The number of piperazine rings is 1. The van der Waals surface area contributed by atoms with Crippen molar-refractivity contribution in [2.24, 2.45) is 23.2 Å². The topological polar surface area (TPSA) is 86.8 Å². The van der Waals surface area contributed by atoms with Gasteiger partial charge in [0.1, 0.15) is 0 Å². The van der Waals surface area contributed by atoms with E-state index >= 15 is 0 Å². The second-order valence-corrected chi connectivity index (χ2v) is 12.9. The molecule has 7 rings (SSSR count). The number of carbonyl (C=O) groups excluding carboxylic acids is 2. The number of hydrogen-bond acceptors (Lipinski definition) is 4. The van der Waals surface area contributed by atoms with Gasteiger partial charge in [0, 0.05) is 37.8 Å². The Bertz CT molecular complexity index is 1040. The van der Waals surface area contributed by atoms with E-state index < -0.39 is 10.0 Å². The first-order valence-electron chi connectivity index (χ1n) is 12.5. The zero-order valence-corrected chi connectivity index (χ0v) is 19.9. The molecule has 1 heterocycles. The minimum atomic E-state index is -3.60. The Morgan fingerprint density at radius 1 is 0.879 bits per heavy atom. The van der Waals surface area contributed by atoms with Crippen LogP contribution in [-0.2, 0) is 14.8 Å². The van der Waals surface area contributed by atoms with Gasteiger partial charge in [-0.15, -0.1) is 0 Å². The predicted molar refractivity (Wildman–Crippen MR) is 123 cm³/mol. The number of benzene rings is 1. The quantitative estimate of drug-likeness (QED) is 0.715. The molecule has 8 heteroatoms. The lowest BCUT2D eigenvalue weighted by atomic mass is 9.49. The number of amides is 2. The highest BCUT2D eigenvalue weighted by Crippen LogP contribution is 2.60. The number of carbonyl (C=O) groups is 2. The van der Waals surface area contributed by atoms with Crippen molar-refractivity contribution in [2.45, 2.75) is 62.3 Å². The summed E-state index contributed by atoms with van der Waals surface area (Å²) in [6, 6.07) is 6.32. The Morgan fingerprint density at radius 2 is 1.45 bits per heavy atom. The molecule has 6 aliphatic rings. The smallest absolute Gasteiger partial charge is 0.254 e. The predicted octanol–water partition coefficient (Wildman–Crippen LogP) is 2.63. The molecule has 5 saturated carbocycles. The lowest BCUT2D eigenvalue weighted by Gasteiger charge is -2.57. The molecule has 1 N–H and O–H groups in total. The maximum atomic E-state index is 13.6. The fourth-order valence-electron chi connectivity index (χ4n) is 7.29. The standard InChI is InChI=1S/C25H33N3O4S/c29-23(20-2-1-3-22(13-20)33(31,32)26-21-4-5-21)27-6-8-28(9-7-27)24(30)25-14-17-10-18(15-25)12-19(11-17)16-25/h1-3,13,17-19,21,26H,4-12,14-16H2. The van der Waals surface area contributed by atoms with Gasteiger partial charge in [0.05, 0.1) is 10.3 Å². The molecule has 1 aromatic rings. The summed E-state index contributed by atoms with van der Waals surface area (Å²) in [6.45, 7) is 2.11.